The van der Waals surface area contributed by atoms with E-state index in [0.717, 1.165) is 35.4 Å². The molecule has 3 aliphatic rings. The van der Waals surface area contributed by atoms with Gasteiger partial charge in [0.2, 0.25) is 11.8 Å². The molecule has 0 radical (unpaired) electrons. The molecule has 3 aliphatic heterocycles. The highest BCUT2D eigenvalue weighted by atomic mass is 16.5. The number of fused-ring (bicyclic) bond motifs is 2. The number of hydrogen-bond donors (Lipinski definition) is 1. The highest BCUT2D eigenvalue weighted by Crippen LogP contribution is 2.41. The maximum atomic E-state index is 12.9. The van der Waals surface area contributed by atoms with Gasteiger partial charge in [-0.2, -0.15) is 0 Å². The Balaban J connectivity index is 1.15. The van der Waals surface area contributed by atoms with Crippen molar-refractivity contribution in [2.24, 2.45) is 0 Å². The minimum atomic E-state index is -0.185. The van der Waals surface area contributed by atoms with Gasteiger partial charge in [-0.25, -0.2) is 0 Å². The molecule has 6 nitrogen and oxygen atoms in total. The number of likely N-dealkylation sites (tertiary alicyclic amines) is 1. The molecule has 2 amide bonds. The van der Waals surface area contributed by atoms with Gasteiger partial charge in [-0.1, -0.05) is 48.5 Å². The number of ether oxygens (including phenoxy) is 1. The summed E-state index contributed by atoms with van der Waals surface area (Å²) in [4.78, 5) is 29.2. The maximum Gasteiger partial charge on any atom is 0.241 e. The Kier molecular flexibility index (Phi) is 5.27. The first-order valence-electron chi connectivity index (χ1n) is 10.9. The molecule has 0 aromatic heterocycles. The van der Waals surface area contributed by atoms with E-state index in [2.05, 4.69) is 0 Å². The highest BCUT2D eigenvalue weighted by Gasteiger charge is 2.36. The number of carbonyl (C=O) groups is 2. The lowest BCUT2D eigenvalue weighted by Gasteiger charge is -2.39. The van der Waals surface area contributed by atoms with Crippen LogP contribution in [0, 0.1) is 0 Å². The highest BCUT2D eigenvalue weighted by molar-refractivity contribution is 6.03. The summed E-state index contributed by atoms with van der Waals surface area (Å²) in [6, 6.07) is 17.4. The number of nitrogens with two attached hydrogens (primary N) is 1. The zero-order valence-electron chi connectivity index (χ0n) is 17.7. The van der Waals surface area contributed by atoms with E-state index in [1.165, 1.54) is 0 Å². The Hall–Kier alpha value is -3.80. The van der Waals surface area contributed by atoms with E-state index >= 15 is 0 Å². The molecule has 2 aromatic carbocycles. The number of benzene rings is 2. The van der Waals surface area contributed by atoms with Crippen LogP contribution in [0.25, 0.3) is 5.57 Å². The van der Waals surface area contributed by atoms with Crippen molar-refractivity contribution in [3.63, 3.8) is 0 Å². The third kappa shape index (κ3) is 3.80. The van der Waals surface area contributed by atoms with E-state index in [4.69, 9.17) is 10.5 Å². The van der Waals surface area contributed by atoms with E-state index in [1.54, 1.807) is 9.80 Å². The maximum absolute atomic E-state index is 12.9. The number of anilines is 1. The van der Waals surface area contributed by atoms with E-state index in [0.29, 0.717) is 24.5 Å². The van der Waals surface area contributed by atoms with Gasteiger partial charge in [-0.05, 0) is 29.8 Å². The second kappa shape index (κ2) is 8.38. The molecule has 162 valence electrons. The van der Waals surface area contributed by atoms with Crippen molar-refractivity contribution in [3.8, 4) is 5.75 Å². The molecule has 2 N–H and O–H groups in total. The lowest BCUT2D eigenvalue weighted by Crippen LogP contribution is -2.45. The molecule has 0 saturated carbocycles. The predicted molar refractivity (Wildman–Crippen MR) is 123 cm³/mol. The van der Waals surface area contributed by atoms with Gasteiger partial charge in [0.15, 0.2) is 0 Å². The van der Waals surface area contributed by atoms with Crippen LogP contribution in [0.5, 0.6) is 5.75 Å². The number of para-hydroxylation sites is 2. The predicted octanol–water partition coefficient (Wildman–Crippen LogP) is 3.74. The van der Waals surface area contributed by atoms with Crippen LogP contribution in [0.15, 0.2) is 84.2 Å². The topological polar surface area (TPSA) is 75.9 Å². The number of piperidine rings is 1. The smallest absolute Gasteiger partial charge is 0.241 e. The summed E-state index contributed by atoms with van der Waals surface area (Å²) in [5.41, 5.74) is 10.3. The van der Waals surface area contributed by atoms with Crippen molar-refractivity contribution in [3.05, 3.63) is 89.8 Å². The fourth-order valence-corrected chi connectivity index (χ4v) is 4.37. The Bertz CT molecular complexity index is 1140. The zero-order valence-corrected chi connectivity index (χ0v) is 17.7. The molecule has 2 bridgehead atoms. The van der Waals surface area contributed by atoms with E-state index in [-0.39, 0.29) is 24.3 Å². The Morgan fingerprint density at radius 2 is 1.66 bits per heavy atom. The fourth-order valence-electron chi connectivity index (χ4n) is 4.37. The first kappa shape index (κ1) is 20.1. The first-order valence-corrected chi connectivity index (χ1v) is 10.9. The molecule has 32 heavy (non-hydrogen) atoms. The molecular formula is C26H25N3O3. The first-order chi connectivity index (χ1) is 15.6. The van der Waals surface area contributed by atoms with Crippen LogP contribution in [0.4, 0.5) is 5.69 Å². The van der Waals surface area contributed by atoms with Gasteiger partial charge in [0, 0.05) is 31.5 Å². The normalized spacial score (nSPS) is 17.7. The lowest BCUT2D eigenvalue weighted by atomic mass is 9.91. The third-order valence-corrected chi connectivity index (χ3v) is 6.12. The van der Waals surface area contributed by atoms with Crippen LogP contribution in [0.2, 0.25) is 0 Å². The quantitative estimate of drug-likeness (QED) is 0.583. The second-order valence-corrected chi connectivity index (χ2v) is 8.21. The number of rotatable bonds is 5. The third-order valence-electron chi connectivity index (χ3n) is 6.12. The average molecular weight is 428 g/mol. The molecule has 0 aliphatic carbocycles. The van der Waals surface area contributed by atoms with E-state index in [1.807, 2.05) is 72.8 Å². The number of nitrogen functional groups attached to an aromatic ring is 1. The largest absolute Gasteiger partial charge is 0.488 e. The molecular weight excluding hydrogens is 402 g/mol. The number of allylic oxidation sites excluding steroid dienone is 4. The Morgan fingerprint density at radius 3 is 2.38 bits per heavy atom. The molecule has 0 unspecified atom stereocenters. The second-order valence-electron chi connectivity index (χ2n) is 8.21. The summed E-state index contributed by atoms with van der Waals surface area (Å²) in [5, 5.41) is 0. The van der Waals surface area contributed by atoms with Gasteiger partial charge < -0.3 is 15.4 Å². The number of hydrogen-bond acceptors (Lipinski definition) is 4. The summed E-state index contributed by atoms with van der Waals surface area (Å²) >= 11 is 0. The van der Waals surface area contributed by atoms with Crippen molar-refractivity contribution in [2.45, 2.75) is 25.4 Å². The van der Waals surface area contributed by atoms with Gasteiger partial charge in [0.1, 0.15) is 18.3 Å². The van der Waals surface area contributed by atoms with E-state index < -0.39 is 0 Å². The monoisotopic (exact) mass is 427 g/mol. The fraction of sp³-hybridized carbons (Fsp3) is 0.231. The number of nitrogens with zero attached hydrogens (tertiary/aromatic N) is 2. The zero-order chi connectivity index (χ0) is 22.1. The summed E-state index contributed by atoms with van der Waals surface area (Å²) in [6.45, 7) is 1.15. The van der Waals surface area contributed by atoms with Crippen LogP contribution in [-0.4, -0.2) is 40.8 Å². The standard InChI is InChI=1S/C26H25N3O3/c27-22-8-4-5-9-24(22)32-20-12-14-28(15-13-20)25(30)17-26(31)29-19-10-11-21(23(29)16-19)18-6-2-1-3-7-18/h1-11,16,20H,12-15,17,27H2. The summed E-state index contributed by atoms with van der Waals surface area (Å²) in [6.07, 6.45) is 7.26. The molecule has 1 fully saturated rings. The van der Waals surface area contributed by atoms with Gasteiger partial charge in [-0.15, -0.1) is 0 Å². The Labute approximate surface area is 187 Å². The van der Waals surface area contributed by atoms with Crippen LogP contribution in [0.3, 0.4) is 0 Å². The Morgan fingerprint density at radius 1 is 0.938 bits per heavy atom. The average Bonchev–Trinajstić information content (AvgIpc) is 2.81. The minimum Gasteiger partial charge on any atom is -0.488 e. The van der Waals surface area contributed by atoms with Crippen molar-refractivity contribution >= 4 is 23.1 Å². The van der Waals surface area contributed by atoms with Crippen molar-refractivity contribution < 1.29 is 14.3 Å². The van der Waals surface area contributed by atoms with E-state index in [9.17, 15) is 9.59 Å². The molecule has 6 heteroatoms. The number of amides is 2. The number of carbonyl (C=O) groups excluding carboxylic acids is 2. The van der Waals surface area contributed by atoms with Crippen LogP contribution in [0.1, 0.15) is 24.8 Å². The molecule has 1 saturated heterocycles. The van der Waals surface area contributed by atoms with Gasteiger partial charge in [0.05, 0.1) is 17.1 Å². The molecule has 0 atom stereocenters. The van der Waals surface area contributed by atoms with Crippen LogP contribution in [-0.2, 0) is 9.59 Å². The summed E-state index contributed by atoms with van der Waals surface area (Å²) in [7, 11) is 0. The van der Waals surface area contributed by atoms with Crippen LogP contribution >= 0.6 is 0 Å². The molecule has 3 heterocycles. The van der Waals surface area contributed by atoms with Crippen molar-refractivity contribution in [1.29, 1.82) is 0 Å². The molecule has 2 aromatic rings. The molecule has 5 rings (SSSR count). The van der Waals surface area contributed by atoms with Gasteiger partial charge in [0.25, 0.3) is 0 Å². The molecule has 0 spiro atoms. The van der Waals surface area contributed by atoms with Crippen molar-refractivity contribution in [1.82, 2.24) is 9.80 Å². The SMILES string of the molecule is Nc1ccccc1OC1CCN(C(=O)CC(=O)N2c3ccc(-c4ccccc4)c2c3)CC1. The lowest BCUT2D eigenvalue weighted by molar-refractivity contribution is -0.140. The van der Waals surface area contributed by atoms with Gasteiger partial charge in [-0.3, -0.25) is 14.5 Å². The van der Waals surface area contributed by atoms with Crippen molar-refractivity contribution in [2.75, 3.05) is 18.8 Å². The van der Waals surface area contributed by atoms with Gasteiger partial charge >= 0.3 is 0 Å². The minimum absolute atomic E-state index is 0.0167. The summed E-state index contributed by atoms with van der Waals surface area (Å²) < 4.78 is 6.00. The summed E-state index contributed by atoms with van der Waals surface area (Å²) in [5.74, 6) is 0.361. The van der Waals surface area contributed by atoms with Crippen LogP contribution < -0.4 is 10.5 Å².